The van der Waals surface area contributed by atoms with E-state index in [1.54, 1.807) is 28.7 Å². The number of carbonyl (C=O) groups excluding carboxylic acids is 1. The van der Waals surface area contributed by atoms with Crippen molar-refractivity contribution in [2.75, 3.05) is 11.9 Å². The van der Waals surface area contributed by atoms with Crippen LogP contribution in [0.5, 0.6) is 5.88 Å². The fourth-order valence-electron chi connectivity index (χ4n) is 2.40. The molecular weight excluding hydrogens is 374 g/mol. The lowest BCUT2D eigenvalue weighted by atomic mass is 10.2. The van der Waals surface area contributed by atoms with E-state index < -0.39 is 0 Å². The van der Waals surface area contributed by atoms with Crippen LogP contribution in [0.4, 0.5) is 5.82 Å². The average molecular weight is 392 g/mol. The van der Waals surface area contributed by atoms with Gasteiger partial charge in [0.1, 0.15) is 0 Å². The molecule has 1 aromatic carbocycles. The molecule has 2 aromatic heterocycles. The Hall–Kier alpha value is -2.35. The number of carbonyl (C=O) groups is 1. The fourth-order valence-corrected chi connectivity index (χ4v) is 2.76. The van der Waals surface area contributed by atoms with Crippen molar-refractivity contribution in [3.8, 4) is 5.88 Å². The van der Waals surface area contributed by atoms with Gasteiger partial charge in [0.15, 0.2) is 5.82 Å². The lowest BCUT2D eigenvalue weighted by molar-refractivity contribution is -0.116. The van der Waals surface area contributed by atoms with Gasteiger partial charge < -0.3 is 10.1 Å². The molecule has 7 nitrogen and oxygen atoms in total. The number of halogens is 1. The third-order valence-electron chi connectivity index (χ3n) is 3.55. The van der Waals surface area contributed by atoms with Gasteiger partial charge in [-0.15, -0.1) is 5.10 Å². The van der Waals surface area contributed by atoms with Crippen LogP contribution in [0.15, 0.2) is 34.9 Å². The third kappa shape index (κ3) is 3.76. The van der Waals surface area contributed by atoms with Crippen molar-refractivity contribution < 1.29 is 9.53 Å². The van der Waals surface area contributed by atoms with E-state index in [-0.39, 0.29) is 5.91 Å². The zero-order valence-electron chi connectivity index (χ0n) is 13.5. The van der Waals surface area contributed by atoms with Crippen molar-refractivity contribution in [3.05, 3.63) is 34.9 Å². The molecule has 0 aliphatic rings. The monoisotopic (exact) mass is 391 g/mol. The van der Waals surface area contributed by atoms with Crippen LogP contribution in [-0.2, 0) is 18.9 Å². The minimum atomic E-state index is -0.0778. The summed E-state index contributed by atoms with van der Waals surface area (Å²) >= 11 is 3.46. The molecule has 3 aromatic rings. The lowest BCUT2D eigenvalue weighted by Gasteiger charge is -2.04. The topological polar surface area (TPSA) is 74.0 Å². The summed E-state index contributed by atoms with van der Waals surface area (Å²) < 4.78 is 10.1. The number of nitrogens with one attached hydrogen (secondary N) is 1. The molecule has 126 valence electrons. The molecule has 3 rings (SSSR count). The molecule has 0 atom stereocenters. The summed E-state index contributed by atoms with van der Waals surface area (Å²) in [5.41, 5.74) is 1.00. The van der Waals surface area contributed by atoms with Gasteiger partial charge in [-0.05, 0) is 24.6 Å². The largest absolute Gasteiger partial charge is 0.476 e. The number of anilines is 1. The minimum absolute atomic E-state index is 0.0778. The predicted octanol–water partition coefficient (Wildman–Crippen LogP) is 2.87. The molecule has 0 radical (unpaired) electrons. The van der Waals surface area contributed by atoms with Gasteiger partial charge in [-0.25, -0.2) is 0 Å². The number of benzene rings is 1. The van der Waals surface area contributed by atoms with Crippen LogP contribution in [0.25, 0.3) is 10.9 Å². The quantitative estimate of drug-likeness (QED) is 0.655. The molecule has 0 aliphatic heterocycles. The number of aryl methyl sites for hydroxylation is 2. The van der Waals surface area contributed by atoms with Gasteiger partial charge in [-0.2, -0.15) is 5.10 Å². The first-order valence-electron chi connectivity index (χ1n) is 7.57. The molecule has 1 N–H and O–H groups in total. The Balaban J connectivity index is 1.51. The number of nitrogens with zero attached hydrogens (tertiary/aromatic N) is 4. The Labute approximate surface area is 147 Å². The molecule has 0 spiro atoms. The van der Waals surface area contributed by atoms with Gasteiger partial charge in [0.05, 0.1) is 17.5 Å². The number of amides is 1. The first-order valence-corrected chi connectivity index (χ1v) is 8.37. The van der Waals surface area contributed by atoms with Crippen molar-refractivity contribution in [2.24, 2.45) is 14.1 Å². The molecule has 2 heterocycles. The summed E-state index contributed by atoms with van der Waals surface area (Å²) in [6, 6.07) is 7.69. The average Bonchev–Trinajstić information content (AvgIpc) is 3.07. The second-order valence-corrected chi connectivity index (χ2v) is 6.38. The maximum atomic E-state index is 11.9. The van der Waals surface area contributed by atoms with E-state index >= 15 is 0 Å². The second kappa shape index (κ2) is 7.04. The highest BCUT2D eigenvalue weighted by Crippen LogP contribution is 2.27. The lowest BCUT2D eigenvalue weighted by Crippen LogP contribution is -2.13. The fraction of sp³-hybridized carbons (Fsp3) is 0.312. The van der Waals surface area contributed by atoms with Gasteiger partial charge in [0.25, 0.3) is 0 Å². The molecule has 0 aliphatic carbocycles. The number of hydrogen-bond donors (Lipinski definition) is 1. The molecule has 0 unspecified atom stereocenters. The molecule has 0 bridgehead atoms. The summed E-state index contributed by atoms with van der Waals surface area (Å²) in [6.45, 7) is 0.425. The number of fused-ring (bicyclic) bond motifs is 1. The Bertz CT molecular complexity index is 871. The van der Waals surface area contributed by atoms with Crippen molar-refractivity contribution in [1.82, 2.24) is 19.6 Å². The molecule has 0 fully saturated rings. The normalized spacial score (nSPS) is 11.0. The maximum absolute atomic E-state index is 11.9. The Kier molecular flexibility index (Phi) is 4.84. The smallest absolute Gasteiger partial charge is 0.240 e. The molecule has 0 saturated heterocycles. The first kappa shape index (κ1) is 16.5. The van der Waals surface area contributed by atoms with Crippen LogP contribution in [-0.4, -0.2) is 32.1 Å². The van der Waals surface area contributed by atoms with E-state index in [1.165, 1.54) is 0 Å². The molecule has 0 saturated carbocycles. The van der Waals surface area contributed by atoms with E-state index in [2.05, 4.69) is 31.4 Å². The van der Waals surface area contributed by atoms with Gasteiger partial charge in [0, 0.05) is 37.3 Å². The zero-order chi connectivity index (χ0) is 17.1. The van der Waals surface area contributed by atoms with Crippen molar-refractivity contribution in [2.45, 2.75) is 12.8 Å². The highest BCUT2D eigenvalue weighted by molar-refractivity contribution is 9.10. The Morgan fingerprint density at radius 3 is 2.88 bits per heavy atom. The standard InChI is InChI=1S/C16H18BrN5O2/c1-21-8-7-14(19-21)18-15(23)4-3-9-24-16-12-10-11(17)5-6-13(12)22(2)20-16/h5-8,10H,3-4,9H2,1-2H3,(H,18,19,23). The summed E-state index contributed by atoms with van der Waals surface area (Å²) in [6.07, 6.45) is 2.75. The Morgan fingerprint density at radius 1 is 1.29 bits per heavy atom. The summed E-state index contributed by atoms with van der Waals surface area (Å²) in [7, 11) is 3.68. The van der Waals surface area contributed by atoms with Crippen LogP contribution in [0.2, 0.25) is 0 Å². The van der Waals surface area contributed by atoms with E-state index in [1.807, 2.05) is 25.2 Å². The number of hydrogen-bond acceptors (Lipinski definition) is 4. The summed E-state index contributed by atoms with van der Waals surface area (Å²) in [4.78, 5) is 11.9. The number of aromatic nitrogens is 4. The van der Waals surface area contributed by atoms with Gasteiger partial charge in [-0.3, -0.25) is 14.2 Å². The van der Waals surface area contributed by atoms with Crippen LogP contribution in [0.3, 0.4) is 0 Å². The van der Waals surface area contributed by atoms with Crippen LogP contribution < -0.4 is 10.1 Å². The minimum Gasteiger partial charge on any atom is -0.476 e. The maximum Gasteiger partial charge on any atom is 0.240 e. The Morgan fingerprint density at radius 2 is 2.12 bits per heavy atom. The molecule has 1 amide bonds. The highest BCUT2D eigenvalue weighted by Gasteiger charge is 2.10. The van der Waals surface area contributed by atoms with Crippen molar-refractivity contribution >= 4 is 38.6 Å². The number of rotatable bonds is 6. The molecule has 8 heteroatoms. The first-order chi connectivity index (χ1) is 11.5. The zero-order valence-corrected chi connectivity index (χ0v) is 15.1. The van der Waals surface area contributed by atoms with Gasteiger partial charge in [-0.1, -0.05) is 15.9 Å². The van der Waals surface area contributed by atoms with E-state index in [0.717, 1.165) is 15.4 Å². The summed E-state index contributed by atoms with van der Waals surface area (Å²) in [5, 5.41) is 12.2. The third-order valence-corrected chi connectivity index (χ3v) is 4.04. The predicted molar refractivity (Wildman–Crippen MR) is 95.0 cm³/mol. The highest BCUT2D eigenvalue weighted by atomic mass is 79.9. The van der Waals surface area contributed by atoms with Gasteiger partial charge >= 0.3 is 0 Å². The SMILES string of the molecule is Cn1ccc(NC(=O)CCCOc2nn(C)c3ccc(Br)cc23)n1. The number of ether oxygens (including phenoxy) is 1. The molecular formula is C16H18BrN5O2. The van der Waals surface area contributed by atoms with Crippen LogP contribution in [0.1, 0.15) is 12.8 Å². The molecule has 24 heavy (non-hydrogen) atoms. The van der Waals surface area contributed by atoms with Crippen LogP contribution in [0, 0.1) is 0 Å². The second-order valence-electron chi connectivity index (χ2n) is 5.47. The van der Waals surface area contributed by atoms with Crippen LogP contribution >= 0.6 is 15.9 Å². The summed E-state index contributed by atoms with van der Waals surface area (Å²) in [5.74, 6) is 1.06. The van der Waals surface area contributed by atoms with Crippen molar-refractivity contribution in [3.63, 3.8) is 0 Å². The van der Waals surface area contributed by atoms with E-state index in [4.69, 9.17) is 4.74 Å². The van der Waals surface area contributed by atoms with Crippen molar-refractivity contribution in [1.29, 1.82) is 0 Å². The van der Waals surface area contributed by atoms with Gasteiger partial charge in [0.2, 0.25) is 11.8 Å². The van der Waals surface area contributed by atoms with E-state index in [0.29, 0.717) is 31.1 Å². The van der Waals surface area contributed by atoms with E-state index in [9.17, 15) is 4.79 Å².